The number of H-pyrrole nitrogens is 2. The smallest absolute Gasteiger partial charge is 0.246 e. The number of hydrogen-bond acceptors (Lipinski definition) is 4. The summed E-state index contributed by atoms with van der Waals surface area (Å²) >= 11 is 0. The predicted octanol–water partition coefficient (Wildman–Crippen LogP) is 0.776. The molecule has 1 aliphatic heterocycles. The molecule has 0 amide bonds. The molecule has 1 atom stereocenters. The molecule has 0 saturated carbocycles. The summed E-state index contributed by atoms with van der Waals surface area (Å²) in [6.07, 6.45) is 7.25. The van der Waals surface area contributed by atoms with Gasteiger partial charge >= 0.3 is 0 Å². The van der Waals surface area contributed by atoms with Crippen LogP contribution in [0, 0.1) is 5.92 Å². The number of piperidine rings is 1. The van der Waals surface area contributed by atoms with Crippen molar-refractivity contribution >= 4 is 10.0 Å². The van der Waals surface area contributed by atoms with Gasteiger partial charge in [-0.25, -0.2) is 8.42 Å². The first-order valence-corrected chi connectivity index (χ1v) is 8.07. The van der Waals surface area contributed by atoms with Crippen LogP contribution in [0.1, 0.15) is 18.5 Å². The third-order valence-corrected chi connectivity index (χ3v) is 5.49. The quantitative estimate of drug-likeness (QED) is 0.871. The topological polar surface area (TPSA) is 94.7 Å². The average Bonchev–Trinajstić information content (AvgIpc) is 3.12. The Labute approximate surface area is 117 Å². The second kappa shape index (κ2) is 5.37. The Morgan fingerprint density at radius 2 is 2.30 bits per heavy atom. The van der Waals surface area contributed by atoms with Crippen molar-refractivity contribution in [3.63, 3.8) is 0 Å². The van der Waals surface area contributed by atoms with Crippen molar-refractivity contribution < 1.29 is 8.42 Å². The lowest BCUT2D eigenvalue weighted by atomic mass is 9.95. The highest BCUT2D eigenvalue weighted by atomic mass is 32.2. The summed E-state index contributed by atoms with van der Waals surface area (Å²) in [6.45, 7) is 1.12. The number of nitrogens with one attached hydrogen (secondary N) is 2. The van der Waals surface area contributed by atoms with Gasteiger partial charge in [0.1, 0.15) is 4.90 Å². The molecule has 0 bridgehead atoms. The fourth-order valence-corrected chi connectivity index (χ4v) is 4.11. The molecule has 7 nitrogen and oxygen atoms in total. The first-order chi connectivity index (χ1) is 9.66. The van der Waals surface area contributed by atoms with Crippen molar-refractivity contribution in [3.05, 3.63) is 30.4 Å². The van der Waals surface area contributed by atoms with Crippen LogP contribution < -0.4 is 0 Å². The van der Waals surface area contributed by atoms with Crippen LogP contribution in [0.25, 0.3) is 0 Å². The maximum Gasteiger partial charge on any atom is 0.246 e. The average molecular weight is 295 g/mol. The number of hydrogen-bond donors (Lipinski definition) is 2. The van der Waals surface area contributed by atoms with E-state index in [0.29, 0.717) is 19.0 Å². The third-order valence-electron chi connectivity index (χ3n) is 3.66. The Kier molecular flexibility index (Phi) is 3.58. The first kappa shape index (κ1) is 13.3. The molecule has 1 aliphatic rings. The van der Waals surface area contributed by atoms with E-state index in [-0.39, 0.29) is 4.90 Å². The second-order valence-corrected chi connectivity index (χ2v) is 7.03. The first-order valence-electron chi connectivity index (χ1n) is 6.63. The fraction of sp³-hybridized carbons (Fsp3) is 0.500. The van der Waals surface area contributed by atoms with Gasteiger partial charge in [-0.1, -0.05) is 0 Å². The summed E-state index contributed by atoms with van der Waals surface area (Å²) in [6, 6.07) is 1.93. The third kappa shape index (κ3) is 2.61. The molecule has 0 radical (unpaired) electrons. The van der Waals surface area contributed by atoms with E-state index in [2.05, 4.69) is 20.4 Å². The van der Waals surface area contributed by atoms with Gasteiger partial charge < -0.3 is 0 Å². The van der Waals surface area contributed by atoms with Crippen LogP contribution in [0.15, 0.2) is 29.6 Å². The number of nitrogens with zero attached hydrogens (tertiary/aromatic N) is 3. The van der Waals surface area contributed by atoms with E-state index in [1.165, 1.54) is 12.4 Å². The molecule has 0 spiro atoms. The molecular weight excluding hydrogens is 278 g/mol. The van der Waals surface area contributed by atoms with Crippen LogP contribution in [-0.4, -0.2) is 46.2 Å². The minimum atomic E-state index is -3.42. The standard InChI is InChI=1S/C12H17N5O2S/c18-20(19,12-7-14-15-8-12)17-5-1-2-10(9-17)6-11-3-4-13-16-11/h3-4,7-8,10H,1-2,5-6,9H2,(H,13,16)(H,14,15)/t10-/m1/s1. The molecule has 8 heteroatoms. The van der Waals surface area contributed by atoms with Crippen LogP contribution in [0.5, 0.6) is 0 Å². The van der Waals surface area contributed by atoms with Gasteiger partial charge in [0.2, 0.25) is 10.0 Å². The Morgan fingerprint density at radius 1 is 1.40 bits per heavy atom. The van der Waals surface area contributed by atoms with E-state index < -0.39 is 10.0 Å². The van der Waals surface area contributed by atoms with Crippen LogP contribution in [0.3, 0.4) is 0 Å². The number of aromatic amines is 2. The zero-order valence-corrected chi connectivity index (χ0v) is 11.8. The van der Waals surface area contributed by atoms with Gasteiger partial charge in [0, 0.05) is 31.2 Å². The van der Waals surface area contributed by atoms with Crippen molar-refractivity contribution in [2.45, 2.75) is 24.2 Å². The molecule has 0 unspecified atom stereocenters. The maximum absolute atomic E-state index is 12.4. The van der Waals surface area contributed by atoms with Crippen LogP contribution in [-0.2, 0) is 16.4 Å². The summed E-state index contributed by atoms with van der Waals surface area (Å²) in [7, 11) is -3.42. The summed E-state index contributed by atoms with van der Waals surface area (Å²) in [5, 5.41) is 13.1. The second-order valence-electron chi connectivity index (χ2n) is 5.09. The van der Waals surface area contributed by atoms with E-state index in [1.807, 2.05) is 6.07 Å². The fourth-order valence-electron chi connectivity index (χ4n) is 2.65. The minimum Gasteiger partial charge on any atom is -0.284 e. The molecule has 2 N–H and O–H groups in total. The van der Waals surface area contributed by atoms with Crippen molar-refractivity contribution in [1.82, 2.24) is 24.7 Å². The molecule has 0 aliphatic carbocycles. The van der Waals surface area contributed by atoms with E-state index in [4.69, 9.17) is 0 Å². The van der Waals surface area contributed by atoms with Crippen molar-refractivity contribution in [2.75, 3.05) is 13.1 Å². The zero-order chi connectivity index (χ0) is 14.0. The van der Waals surface area contributed by atoms with Gasteiger partial charge in [-0.15, -0.1) is 0 Å². The molecule has 2 aromatic heterocycles. The van der Waals surface area contributed by atoms with Crippen molar-refractivity contribution in [1.29, 1.82) is 0 Å². The molecule has 1 saturated heterocycles. The summed E-state index contributed by atoms with van der Waals surface area (Å²) in [5.41, 5.74) is 1.05. The van der Waals surface area contributed by atoms with Gasteiger partial charge in [-0.05, 0) is 31.2 Å². The van der Waals surface area contributed by atoms with E-state index in [9.17, 15) is 8.42 Å². The Hall–Kier alpha value is -1.67. The van der Waals surface area contributed by atoms with Gasteiger partial charge in [0.15, 0.2) is 0 Å². The summed E-state index contributed by atoms with van der Waals surface area (Å²) in [5.74, 6) is 0.325. The van der Waals surface area contributed by atoms with Gasteiger partial charge in [0.25, 0.3) is 0 Å². The Balaban J connectivity index is 1.72. The lowest BCUT2D eigenvalue weighted by Crippen LogP contribution is -2.40. The van der Waals surface area contributed by atoms with Crippen molar-refractivity contribution in [2.24, 2.45) is 5.92 Å². The largest absolute Gasteiger partial charge is 0.284 e. The molecule has 3 rings (SSSR count). The van der Waals surface area contributed by atoms with Gasteiger partial charge in [-0.2, -0.15) is 14.5 Å². The molecule has 0 aromatic carbocycles. The SMILES string of the molecule is O=S(=O)(c1cn[nH]c1)N1CCC[C@H](Cc2ccn[nH]2)C1. The molecule has 108 valence electrons. The van der Waals surface area contributed by atoms with Crippen molar-refractivity contribution in [3.8, 4) is 0 Å². The summed E-state index contributed by atoms with van der Waals surface area (Å²) in [4.78, 5) is 0.236. The lowest BCUT2D eigenvalue weighted by molar-refractivity contribution is 0.264. The van der Waals surface area contributed by atoms with Gasteiger partial charge in [-0.3, -0.25) is 10.2 Å². The monoisotopic (exact) mass is 295 g/mol. The molecule has 2 aromatic rings. The van der Waals surface area contributed by atoms with E-state index in [1.54, 1.807) is 10.5 Å². The van der Waals surface area contributed by atoms with E-state index in [0.717, 1.165) is 25.0 Å². The normalized spacial score (nSPS) is 21.1. The minimum absolute atomic E-state index is 0.236. The van der Waals surface area contributed by atoms with Crippen LogP contribution in [0.2, 0.25) is 0 Å². The number of sulfonamides is 1. The molecular formula is C12H17N5O2S. The Bertz CT molecular complexity index is 635. The molecule has 1 fully saturated rings. The van der Waals surface area contributed by atoms with E-state index >= 15 is 0 Å². The highest BCUT2D eigenvalue weighted by molar-refractivity contribution is 7.89. The predicted molar refractivity (Wildman–Crippen MR) is 72.4 cm³/mol. The maximum atomic E-state index is 12.4. The molecule has 20 heavy (non-hydrogen) atoms. The highest BCUT2D eigenvalue weighted by Gasteiger charge is 2.30. The lowest BCUT2D eigenvalue weighted by Gasteiger charge is -2.31. The number of rotatable bonds is 4. The highest BCUT2D eigenvalue weighted by Crippen LogP contribution is 2.25. The Morgan fingerprint density at radius 3 is 3.00 bits per heavy atom. The zero-order valence-electron chi connectivity index (χ0n) is 11.0. The summed E-state index contributed by atoms with van der Waals surface area (Å²) < 4.78 is 26.4. The molecule has 3 heterocycles. The van der Waals surface area contributed by atoms with Gasteiger partial charge in [0.05, 0.1) is 6.20 Å². The number of aromatic nitrogens is 4. The van der Waals surface area contributed by atoms with Crippen LogP contribution >= 0.6 is 0 Å². The van der Waals surface area contributed by atoms with Crippen LogP contribution in [0.4, 0.5) is 0 Å².